The predicted octanol–water partition coefficient (Wildman–Crippen LogP) is 4.48. The molecule has 2 aromatic carbocycles. The molecule has 0 aliphatic heterocycles. The number of aliphatic hydroxyl groups is 1. The molecule has 2 aromatic rings. The van der Waals surface area contributed by atoms with Crippen LogP contribution in [0.15, 0.2) is 43.0 Å². The summed E-state index contributed by atoms with van der Waals surface area (Å²) in [6, 6.07) is 10.2. The summed E-state index contributed by atoms with van der Waals surface area (Å²) in [4.78, 5) is 10.8. The first-order chi connectivity index (χ1) is 9.91. The number of nitro groups is 1. The van der Waals surface area contributed by atoms with Crippen molar-refractivity contribution in [3.63, 3.8) is 0 Å². The van der Waals surface area contributed by atoms with Gasteiger partial charge in [0.25, 0.3) is 5.69 Å². The minimum absolute atomic E-state index is 0.00328. The Bertz CT molecular complexity index is 723. The molecule has 0 aliphatic carbocycles. The Labute approximate surface area is 122 Å². The van der Waals surface area contributed by atoms with E-state index in [4.69, 9.17) is 0 Å². The first-order valence-corrected chi connectivity index (χ1v) is 6.40. The molecular formula is C16H16N2O3. The number of aryl methyl sites for hydroxylation is 1. The van der Waals surface area contributed by atoms with Crippen molar-refractivity contribution in [3.8, 4) is 0 Å². The first kappa shape index (κ1) is 14.6. The molecule has 0 radical (unpaired) electrons. The number of nitro benzene ring substituents is 1. The maximum Gasteiger partial charge on any atom is 0.292 e. The van der Waals surface area contributed by atoms with Crippen LogP contribution >= 0.6 is 0 Å². The molecule has 0 spiro atoms. The number of hydrogen-bond donors (Lipinski definition) is 2. The van der Waals surface area contributed by atoms with Crippen molar-refractivity contribution in [2.75, 3.05) is 5.32 Å². The van der Waals surface area contributed by atoms with Crippen LogP contribution in [0.3, 0.4) is 0 Å². The molecule has 21 heavy (non-hydrogen) atoms. The minimum Gasteiger partial charge on any atom is -0.508 e. The average Bonchev–Trinajstić information content (AvgIpc) is 2.44. The Kier molecular flexibility index (Phi) is 3.93. The molecule has 2 N–H and O–H groups in total. The van der Waals surface area contributed by atoms with Crippen molar-refractivity contribution in [1.82, 2.24) is 0 Å². The molecule has 0 aliphatic rings. The largest absolute Gasteiger partial charge is 0.508 e. The smallest absolute Gasteiger partial charge is 0.292 e. The van der Waals surface area contributed by atoms with Crippen LogP contribution in [0.4, 0.5) is 17.1 Å². The van der Waals surface area contributed by atoms with Crippen LogP contribution in [0, 0.1) is 24.0 Å². The third-order valence-corrected chi connectivity index (χ3v) is 3.41. The molecule has 0 unspecified atom stereocenters. The van der Waals surface area contributed by atoms with Crippen LogP contribution in [0.5, 0.6) is 0 Å². The summed E-state index contributed by atoms with van der Waals surface area (Å²) in [7, 11) is 0. The van der Waals surface area contributed by atoms with E-state index >= 15 is 0 Å². The first-order valence-electron chi connectivity index (χ1n) is 6.40. The quantitative estimate of drug-likeness (QED) is 0.493. The van der Waals surface area contributed by atoms with Gasteiger partial charge in [0.15, 0.2) is 0 Å². The van der Waals surface area contributed by atoms with Crippen LogP contribution in [0.1, 0.15) is 16.7 Å². The van der Waals surface area contributed by atoms with E-state index in [1.165, 1.54) is 6.07 Å². The van der Waals surface area contributed by atoms with Gasteiger partial charge in [-0.05, 0) is 37.1 Å². The van der Waals surface area contributed by atoms with Crippen molar-refractivity contribution in [3.05, 3.63) is 69.8 Å². The Balaban J connectivity index is 2.57. The molecule has 5 heteroatoms. The van der Waals surface area contributed by atoms with E-state index in [1.54, 1.807) is 30.3 Å². The third kappa shape index (κ3) is 2.86. The third-order valence-electron chi connectivity index (χ3n) is 3.41. The van der Waals surface area contributed by atoms with Crippen LogP contribution < -0.4 is 5.32 Å². The number of benzene rings is 2. The zero-order chi connectivity index (χ0) is 15.6. The van der Waals surface area contributed by atoms with Gasteiger partial charge < -0.3 is 10.4 Å². The summed E-state index contributed by atoms with van der Waals surface area (Å²) in [6.45, 7) is 7.22. The fourth-order valence-electron chi connectivity index (χ4n) is 2.09. The Morgan fingerprint density at radius 1 is 1.24 bits per heavy atom. The summed E-state index contributed by atoms with van der Waals surface area (Å²) in [6.07, 6.45) is 0. The van der Waals surface area contributed by atoms with Crippen LogP contribution in [0.25, 0.3) is 5.76 Å². The number of anilines is 2. The number of hydrogen-bond acceptors (Lipinski definition) is 4. The van der Waals surface area contributed by atoms with Gasteiger partial charge >= 0.3 is 0 Å². The zero-order valence-corrected chi connectivity index (χ0v) is 11.9. The fraction of sp³-hybridized carbons (Fsp3) is 0.125. The lowest BCUT2D eigenvalue weighted by molar-refractivity contribution is -0.384. The lowest BCUT2D eigenvalue weighted by Gasteiger charge is -2.14. The molecule has 0 aromatic heterocycles. The van der Waals surface area contributed by atoms with E-state index in [9.17, 15) is 15.2 Å². The predicted molar refractivity (Wildman–Crippen MR) is 84.0 cm³/mol. The standard InChI is InChI=1S/C16H16N2O3/c1-10-8-9-15(18(20)21)16(11(10)2)17-14-7-5-4-6-13(14)12(3)19/h4-9,17,19H,3H2,1-2H3. The second-order valence-corrected chi connectivity index (χ2v) is 4.78. The highest BCUT2D eigenvalue weighted by atomic mass is 16.6. The zero-order valence-electron chi connectivity index (χ0n) is 11.9. The molecule has 0 fully saturated rings. The maximum absolute atomic E-state index is 11.2. The normalized spacial score (nSPS) is 10.2. The van der Waals surface area contributed by atoms with Gasteiger partial charge in [0.05, 0.1) is 4.92 Å². The van der Waals surface area contributed by atoms with Crippen LogP contribution in [0.2, 0.25) is 0 Å². The Morgan fingerprint density at radius 2 is 1.90 bits per heavy atom. The number of nitrogens with one attached hydrogen (secondary N) is 1. The highest BCUT2D eigenvalue weighted by molar-refractivity contribution is 5.80. The maximum atomic E-state index is 11.2. The molecule has 2 rings (SSSR count). The summed E-state index contributed by atoms with van der Waals surface area (Å²) in [5, 5.41) is 23.9. The Hall–Kier alpha value is -2.82. The molecule has 0 saturated heterocycles. The molecule has 5 nitrogen and oxygen atoms in total. The lowest BCUT2D eigenvalue weighted by Crippen LogP contribution is -2.02. The van der Waals surface area contributed by atoms with E-state index < -0.39 is 4.92 Å². The summed E-state index contributed by atoms with van der Waals surface area (Å²) in [5.41, 5.74) is 3.24. The second kappa shape index (κ2) is 5.66. The van der Waals surface area contributed by atoms with Gasteiger partial charge in [0, 0.05) is 17.3 Å². The number of nitrogens with zero attached hydrogens (tertiary/aromatic N) is 1. The Morgan fingerprint density at radius 3 is 2.52 bits per heavy atom. The molecule has 0 bridgehead atoms. The summed E-state index contributed by atoms with van der Waals surface area (Å²) < 4.78 is 0. The molecule has 0 atom stereocenters. The number of rotatable bonds is 4. The summed E-state index contributed by atoms with van der Waals surface area (Å²) in [5.74, 6) is -0.0916. The SMILES string of the molecule is C=C(O)c1ccccc1Nc1c([N+](=O)[O-])ccc(C)c1C. The van der Waals surface area contributed by atoms with Crippen molar-refractivity contribution in [2.24, 2.45) is 0 Å². The van der Waals surface area contributed by atoms with Gasteiger partial charge in [-0.3, -0.25) is 10.1 Å². The highest BCUT2D eigenvalue weighted by Gasteiger charge is 2.18. The van der Waals surface area contributed by atoms with E-state index in [-0.39, 0.29) is 11.4 Å². The van der Waals surface area contributed by atoms with E-state index in [0.717, 1.165) is 11.1 Å². The second-order valence-electron chi connectivity index (χ2n) is 4.78. The van der Waals surface area contributed by atoms with Crippen molar-refractivity contribution in [1.29, 1.82) is 0 Å². The topological polar surface area (TPSA) is 75.4 Å². The lowest BCUT2D eigenvalue weighted by atomic mass is 10.1. The van der Waals surface area contributed by atoms with Gasteiger partial charge in [-0.15, -0.1) is 0 Å². The summed E-state index contributed by atoms with van der Waals surface area (Å²) >= 11 is 0. The van der Waals surface area contributed by atoms with Gasteiger partial charge in [-0.2, -0.15) is 0 Å². The van der Waals surface area contributed by atoms with Crippen LogP contribution in [-0.4, -0.2) is 10.0 Å². The monoisotopic (exact) mass is 284 g/mol. The van der Waals surface area contributed by atoms with Gasteiger partial charge in [-0.1, -0.05) is 24.8 Å². The van der Waals surface area contributed by atoms with Crippen molar-refractivity contribution in [2.45, 2.75) is 13.8 Å². The number of aliphatic hydroxyl groups excluding tert-OH is 1. The molecule has 0 saturated carbocycles. The molecular weight excluding hydrogens is 268 g/mol. The van der Waals surface area contributed by atoms with Crippen LogP contribution in [-0.2, 0) is 0 Å². The fourth-order valence-corrected chi connectivity index (χ4v) is 2.09. The number of para-hydroxylation sites is 1. The van der Waals surface area contributed by atoms with Gasteiger partial charge in [0.1, 0.15) is 11.4 Å². The molecule has 108 valence electrons. The molecule has 0 heterocycles. The van der Waals surface area contributed by atoms with E-state index in [2.05, 4.69) is 11.9 Å². The minimum atomic E-state index is -0.425. The van der Waals surface area contributed by atoms with Crippen molar-refractivity contribution >= 4 is 22.8 Å². The highest BCUT2D eigenvalue weighted by Crippen LogP contribution is 2.34. The van der Waals surface area contributed by atoms with Gasteiger partial charge in [-0.25, -0.2) is 0 Å². The van der Waals surface area contributed by atoms with E-state index in [0.29, 0.717) is 16.9 Å². The average molecular weight is 284 g/mol. The van der Waals surface area contributed by atoms with Crippen molar-refractivity contribution < 1.29 is 10.0 Å². The van der Waals surface area contributed by atoms with Gasteiger partial charge in [0.2, 0.25) is 0 Å². The van der Waals surface area contributed by atoms with E-state index in [1.807, 2.05) is 13.8 Å². The molecule has 0 amide bonds.